The molecule has 2 nitrogen and oxygen atoms in total. The van der Waals surface area contributed by atoms with Crippen molar-refractivity contribution < 1.29 is 0 Å². The van der Waals surface area contributed by atoms with Crippen molar-refractivity contribution in [1.82, 2.24) is 5.32 Å². The maximum atomic E-state index is 6.08. The maximum Gasteiger partial charge on any atom is 0.171 e. The van der Waals surface area contributed by atoms with Crippen LogP contribution < -0.4 is 10.6 Å². The maximum absolute atomic E-state index is 6.08. The Kier molecular flexibility index (Phi) is 5.63. The molecule has 0 aliphatic rings. The summed E-state index contributed by atoms with van der Waals surface area (Å²) >= 11 is 13.7. The molecule has 0 saturated carbocycles. The highest BCUT2D eigenvalue weighted by atomic mass is 127. The van der Waals surface area contributed by atoms with Gasteiger partial charge in [0.05, 0.1) is 0 Å². The van der Waals surface area contributed by atoms with Gasteiger partial charge in [-0.15, -0.1) is 0 Å². The lowest BCUT2D eigenvalue weighted by molar-refractivity contribution is 0.924. The fourth-order valence-electron chi connectivity index (χ4n) is 1.74. The van der Waals surface area contributed by atoms with Gasteiger partial charge < -0.3 is 10.6 Å². The topological polar surface area (TPSA) is 24.1 Å². The van der Waals surface area contributed by atoms with E-state index < -0.39 is 0 Å². The summed E-state index contributed by atoms with van der Waals surface area (Å²) < 4.78 is 1.21. The van der Waals surface area contributed by atoms with Crippen LogP contribution in [0.25, 0.3) is 0 Å². The molecule has 0 atom stereocenters. The third-order valence-electron chi connectivity index (χ3n) is 2.86. The van der Waals surface area contributed by atoms with E-state index in [1.54, 1.807) is 0 Å². The van der Waals surface area contributed by atoms with Gasteiger partial charge in [0.1, 0.15) is 0 Å². The van der Waals surface area contributed by atoms with Crippen molar-refractivity contribution in [2.75, 3.05) is 5.32 Å². The minimum absolute atomic E-state index is 0.592. The van der Waals surface area contributed by atoms with E-state index in [0.29, 0.717) is 11.7 Å². The molecule has 20 heavy (non-hydrogen) atoms. The van der Waals surface area contributed by atoms with Crippen molar-refractivity contribution >= 4 is 57.2 Å². The molecule has 0 bridgehead atoms. The summed E-state index contributed by atoms with van der Waals surface area (Å²) in [6, 6.07) is 14.0. The van der Waals surface area contributed by atoms with Gasteiger partial charge >= 0.3 is 0 Å². The number of anilines is 1. The van der Waals surface area contributed by atoms with Crippen LogP contribution in [0, 0.1) is 10.5 Å². The first-order chi connectivity index (χ1) is 9.56. The average molecular weight is 417 g/mol. The molecule has 104 valence electrons. The first-order valence-electron chi connectivity index (χ1n) is 6.10. The molecular weight excluding hydrogens is 403 g/mol. The highest BCUT2D eigenvalue weighted by molar-refractivity contribution is 14.1. The third kappa shape index (κ3) is 4.33. The zero-order valence-corrected chi connectivity index (χ0v) is 14.6. The van der Waals surface area contributed by atoms with Crippen LogP contribution in [0.15, 0.2) is 42.5 Å². The second-order valence-corrected chi connectivity index (χ2v) is 6.41. The molecular formula is C15H14ClIN2S. The predicted octanol–water partition coefficient (Wildman–Crippen LogP) is 4.74. The van der Waals surface area contributed by atoms with E-state index in [1.807, 2.05) is 31.2 Å². The van der Waals surface area contributed by atoms with Crippen LogP contribution in [0.3, 0.4) is 0 Å². The second-order valence-electron chi connectivity index (χ2n) is 4.35. The lowest BCUT2D eigenvalue weighted by Crippen LogP contribution is -2.28. The van der Waals surface area contributed by atoms with Crippen LogP contribution in [0.5, 0.6) is 0 Å². The Morgan fingerprint density at radius 1 is 1.25 bits per heavy atom. The van der Waals surface area contributed by atoms with Gasteiger partial charge in [-0.05, 0) is 77.1 Å². The Balaban J connectivity index is 1.94. The van der Waals surface area contributed by atoms with E-state index in [-0.39, 0.29) is 0 Å². The number of nitrogens with one attached hydrogen (secondary N) is 2. The normalized spacial score (nSPS) is 10.2. The molecule has 0 unspecified atom stereocenters. The first kappa shape index (κ1) is 15.5. The predicted molar refractivity (Wildman–Crippen MR) is 98.4 cm³/mol. The van der Waals surface area contributed by atoms with Crippen LogP contribution in [0.2, 0.25) is 5.02 Å². The van der Waals surface area contributed by atoms with Crippen LogP contribution in [-0.4, -0.2) is 5.11 Å². The molecule has 0 spiro atoms. The lowest BCUT2D eigenvalue weighted by Gasteiger charge is -2.13. The second kappa shape index (κ2) is 7.24. The molecule has 0 saturated heterocycles. The van der Waals surface area contributed by atoms with Gasteiger partial charge in [0.2, 0.25) is 0 Å². The zero-order valence-electron chi connectivity index (χ0n) is 10.9. The van der Waals surface area contributed by atoms with E-state index >= 15 is 0 Å². The number of hydrogen-bond acceptors (Lipinski definition) is 1. The number of benzene rings is 2. The minimum atomic E-state index is 0.592. The molecule has 0 aliphatic heterocycles. The van der Waals surface area contributed by atoms with Gasteiger partial charge in [-0.1, -0.05) is 29.8 Å². The summed E-state index contributed by atoms with van der Waals surface area (Å²) in [6.07, 6.45) is 0. The van der Waals surface area contributed by atoms with Gasteiger partial charge in [0, 0.05) is 20.8 Å². The van der Waals surface area contributed by atoms with Gasteiger partial charge in [-0.25, -0.2) is 0 Å². The standard InChI is InChI=1S/C15H14ClIN2S/c1-10-13(16)6-3-7-14(10)19-15(20)18-9-11-4-2-5-12(17)8-11/h2-8H,9H2,1H3,(H2,18,19,20). The molecule has 0 radical (unpaired) electrons. The SMILES string of the molecule is Cc1c(Cl)cccc1NC(=S)NCc1cccc(I)c1. The number of halogens is 2. The van der Waals surface area contributed by atoms with Crippen LogP contribution in [0.4, 0.5) is 5.69 Å². The molecule has 2 aromatic carbocycles. The quantitative estimate of drug-likeness (QED) is 0.558. The van der Waals surface area contributed by atoms with Crippen molar-refractivity contribution in [1.29, 1.82) is 0 Å². The summed E-state index contributed by atoms with van der Waals surface area (Å²) in [7, 11) is 0. The molecule has 5 heteroatoms. The van der Waals surface area contributed by atoms with Crippen molar-refractivity contribution in [2.24, 2.45) is 0 Å². The summed E-state index contributed by atoms with van der Waals surface area (Å²) in [4.78, 5) is 0. The molecule has 0 aliphatic carbocycles. The summed E-state index contributed by atoms with van der Waals surface area (Å²) in [5.74, 6) is 0. The molecule has 0 aromatic heterocycles. The van der Waals surface area contributed by atoms with Gasteiger partial charge in [0.25, 0.3) is 0 Å². The highest BCUT2D eigenvalue weighted by Crippen LogP contribution is 2.22. The largest absolute Gasteiger partial charge is 0.358 e. The van der Waals surface area contributed by atoms with E-state index in [9.17, 15) is 0 Å². The molecule has 0 heterocycles. The summed E-state index contributed by atoms with van der Waals surface area (Å²) in [5, 5.41) is 7.69. The minimum Gasteiger partial charge on any atom is -0.358 e. The molecule has 2 rings (SSSR count). The van der Waals surface area contributed by atoms with E-state index in [4.69, 9.17) is 23.8 Å². The number of hydrogen-bond donors (Lipinski definition) is 2. The van der Waals surface area contributed by atoms with Crippen molar-refractivity contribution in [3.05, 3.63) is 62.2 Å². The Bertz CT molecular complexity index is 631. The molecule has 0 amide bonds. The zero-order chi connectivity index (χ0) is 14.5. The molecule has 0 fully saturated rings. The van der Waals surface area contributed by atoms with Crippen molar-refractivity contribution in [2.45, 2.75) is 13.5 Å². The van der Waals surface area contributed by atoms with Crippen LogP contribution >= 0.6 is 46.4 Å². The van der Waals surface area contributed by atoms with Crippen LogP contribution in [0.1, 0.15) is 11.1 Å². The van der Waals surface area contributed by atoms with Gasteiger partial charge in [-0.2, -0.15) is 0 Å². The Morgan fingerprint density at radius 2 is 2.00 bits per heavy atom. The Hall–Kier alpha value is -0.850. The number of thiocarbonyl (C=S) groups is 1. The van der Waals surface area contributed by atoms with E-state index in [0.717, 1.165) is 16.3 Å². The summed E-state index contributed by atoms with van der Waals surface area (Å²) in [6.45, 7) is 2.66. The Morgan fingerprint density at radius 3 is 2.75 bits per heavy atom. The average Bonchev–Trinajstić information content (AvgIpc) is 2.42. The third-order valence-corrected chi connectivity index (χ3v) is 4.18. The van der Waals surface area contributed by atoms with Gasteiger partial charge in [0.15, 0.2) is 5.11 Å². The molecule has 2 aromatic rings. The Labute approximate surface area is 143 Å². The molecule has 2 N–H and O–H groups in total. The van der Waals surface area contributed by atoms with Crippen molar-refractivity contribution in [3.63, 3.8) is 0 Å². The van der Waals surface area contributed by atoms with E-state index in [2.05, 4.69) is 51.4 Å². The smallest absolute Gasteiger partial charge is 0.171 e. The fraction of sp³-hybridized carbons (Fsp3) is 0.133. The highest BCUT2D eigenvalue weighted by Gasteiger charge is 2.04. The van der Waals surface area contributed by atoms with Crippen LogP contribution in [-0.2, 0) is 6.54 Å². The van der Waals surface area contributed by atoms with Crippen molar-refractivity contribution in [3.8, 4) is 0 Å². The monoisotopic (exact) mass is 416 g/mol. The first-order valence-corrected chi connectivity index (χ1v) is 7.97. The van der Waals surface area contributed by atoms with Gasteiger partial charge in [-0.3, -0.25) is 0 Å². The fourth-order valence-corrected chi connectivity index (χ4v) is 2.70. The lowest BCUT2D eigenvalue weighted by atomic mass is 10.2. The van der Waals surface area contributed by atoms with E-state index in [1.165, 1.54) is 9.13 Å². The number of rotatable bonds is 3. The summed E-state index contributed by atoms with van der Waals surface area (Å²) in [5.41, 5.74) is 3.12.